The van der Waals surface area contributed by atoms with Gasteiger partial charge in [-0.1, -0.05) is 18.2 Å². The first kappa shape index (κ1) is 16.9. The van der Waals surface area contributed by atoms with Crippen molar-refractivity contribution in [2.75, 3.05) is 0 Å². The molecule has 0 aliphatic heterocycles. The zero-order valence-corrected chi connectivity index (χ0v) is 12.9. The molecule has 0 bridgehead atoms. The minimum atomic E-state index is -4.77. The molecule has 3 aromatic rings. The number of fused-ring (bicyclic) bond motifs is 1. The molecular weight excluding hydrogens is 335 g/mol. The van der Waals surface area contributed by atoms with Crippen molar-refractivity contribution < 1.29 is 27.8 Å². The maximum absolute atomic E-state index is 12.6. The summed E-state index contributed by atoms with van der Waals surface area (Å²) in [5, 5.41) is 9.54. The number of aliphatic carboxylic acids is 1. The van der Waals surface area contributed by atoms with E-state index >= 15 is 0 Å². The second-order valence-electron chi connectivity index (χ2n) is 5.54. The van der Waals surface area contributed by atoms with Crippen molar-refractivity contribution in [1.29, 1.82) is 0 Å². The third kappa shape index (κ3) is 4.12. The molecule has 3 rings (SSSR count). The zero-order valence-electron chi connectivity index (χ0n) is 12.9. The van der Waals surface area contributed by atoms with Gasteiger partial charge in [-0.2, -0.15) is 0 Å². The van der Waals surface area contributed by atoms with Crippen LogP contribution in [0.2, 0.25) is 0 Å². The third-order valence-corrected chi connectivity index (χ3v) is 3.72. The SMILES string of the molecule is O=C(O)CCc1ccc2[nH]c(-c3ccccc3OC(F)(F)F)cc2c1. The number of aryl methyl sites for hydroxylation is 1. The molecular formula is C18H14F3NO3. The first-order valence-electron chi connectivity index (χ1n) is 7.50. The third-order valence-electron chi connectivity index (χ3n) is 3.72. The maximum Gasteiger partial charge on any atom is 0.573 e. The minimum absolute atomic E-state index is 0.0189. The molecule has 0 atom stereocenters. The minimum Gasteiger partial charge on any atom is -0.481 e. The van der Waals surface area contributed by atoms with E-state index in [0.717, 1.165) is 16.5 Å². The standard InChI is InChI=1S/C18H14F3NO3/c19-18(20,21)25-16-4-2-1-3-13(16)15-10-12-9-11(6-8-17(23)24)5-7-14(12)22-15/h1-5,7,9-10,22H,6,8H2,(H,23,24). The molecule has 0 saturated carbocycles. The predicted molar refractivity (Wildman–Crippen MR) is 86.4 cm³/mol. The van der Waals surface area contributed by atoms with Gasteiger partial charge in [-0.3, -0.25) is 4.79 Å². The molecule has 0 unspecified atom stereocenters. The number of nitrogens with one attached hydrogen (secondary N) is 1. The lowest BCUT2D eigenvalue weighted by Gasteiger charge is -2.12. The van der Waals surface area contributed by atoms with Crippen molar-refractivity contribution in [2.45, 2.75) is 19.2 Å². The van der Waals surface area contributed by atoms with Gasteiger partial charge in [-0.15, -0.1) is 13.2 Å². The van der Waals surface area contributed by atoms with Gasteiger partial charge in [-0.25, -0.2) is 0 Å². The lowest BCUT2D eigenvalue weighted by atomic mass is 10.1. The topological polar surface area (TPSA) is 62.3 Å². The van der Waals surface area contributed by atoms with Crippen molar-refractivity contribution in [3.05, 3.63) is 54.1 Å². The lowest BCUT2D eigenvalue weighted by molar-refractivity contribution is -0.274. The van der Waals surface area contributed by atoms with E-state index in [9.17, 15) is 18.0 Å². The van der Waals surface area contributed by atoms with Gasteiger partial charge < -0.3 is 14.8 Å². The Morgan fingerprint density at radius 1 is 1.12 bits per heavy atom. The van der Waals surface area contributed by atoms with Gasteiger partial charge >= 0.3 is 12.3 Å². The van der Waals surface area contributed by atoms with E-state index in [0.29, 0.717) is 17.7 Å². The Hall–Kier alpha value is -2.96. The van der Waals surface area contributed by atoms with E-state index in [1.807, 2.05) is 6.07 Å². The second-order valence-corrected chi connectivity index (χ2v) is 5.54. The van der Waals surface area contributed by atoms with E-state index in [1.165, 1.54) is 18.2 Å². The molecule has 2 aromatic carbocycles. The predicted octanol–water partition coefficient (Wildman–Crippen LogP) is 4.75. The van der Waals surface area contributed by atoms with Crippen molar-refractivity contribution in [2.24, 2.45) is 0 Å². The van der Waals surface area contributed by atoms with Crippen LogP contribution in [0, 0.1) is 0 Å². The van der Waals surface area contributed by atoms with E-state index < -0.39 is 12.3 Å². The van der Waals surface area contributed by atoms with Crippen molar-refractivity contribution in [1.82, 2.24) is 4.98 Å². The highest BCUT2D eigenvalue weighted by atomic mass is 19.4. The number of alkyl halides is 3. The number of hydrogen-bond donors (Lipinski definition) is 2. The monoisotopic (exact) mass is 349 g/mol. The number of hydrogen-bond acceptors (Lipinski definition) is 2. The van der Waals surface area contributed by atoms with Crippen LogP contribution in [0.5, 0.6) is 5.75 Å². The summed E-state index contributed by atoms with van der Waals surface area (Å²) >= 11 is 0. The Balaban J connectivity index is 1.96. The van der Waals surface area contributed by atoms with Crippen LogP contribution in [0.25, 0.3) is 22.2 Å². The summed E-state index contributed by atoms with van der Waals surface area (Å²) in [4.78, 5) is 13.7. The first-order chi connectivity index (χ1) is 11.8. The molecule has 0 radical (unpaired) electrons. The molecule has 4 nitrogen and oxygen atoms in total. The molecule has 0 saturated heterocycles. The number of H-pyrrole nitrogens is 1. The molecule has 1 heterocycles. The van der Waals surface area contributed by atoms with Crippen LogP contribution >= 0.6 is 0 Å². The molecule has 2 N–H and O–H groups in total. The lowest BCUT2D eigenvalue weighted by Crippen LogP contribution is -2.17. The quantitative estimate of drug-likeness (QED) is 0.699. The average Bonchev–Trinajstić information content (AvgIpc) is 2.94. The number of aromatic amines is 1. The molecule has 0 spiro atoms. The smallest absolute Gasteiger partial charge is 0.481 e. The van der Waals surface area contributed by atoms with Crippen LogP contribution in [0.1, 0.15) is 12.0 Å². The Morgan fingerprint density at radius 3 is 2.60 bits per heavy atom. The van der Waals surface area contributed by atoms with Crippen molar-refractivity contribution in [3.8, 4) is 17.0 Å². The van der Waals surface area contributed by atoms with Gasteiger partial charge in [0.15, 0.2) is 0 Å². The fourth-order valence-electron chi connectivity index (χ4n) is 2.64. The highest BCUT2D eigenvalue weighted by Crippen LogP contribution is 2.34. The summed E-state index contributed by atoms with van der Waals surface area (Å²) in [5.41, 5.74) is 2.38. The number of aromatic nitrogens is 1. The van der Waals surface area contributed by atoms with Crippen LogP contribution in [-0.2, 0) is 11.2 Å². The number of para-hydroxylation sites is 1. The van der Waals surface area contributed by atoms with Gasteiger partial charge in [0.2, 0.25) is 0 Å². The van der Waals surface area contributed by atoms with Crippen molar-refractivity contribution in [3.63, 3.8) is 0 Å². The van der Waals surface area contributed by atoms with E-state index in [-0.39, 0.29) is 12.2 Å². The van der Waals surface area contributed by atoms with Gasteiger partial charge in [0, 0.05) is 22.9 Å². The summed E-state index contributed by atoms with van der Waals surface area (Å²) in [5.74, 6) is -1.17. The number of carboxylic acids is 1. The average molecular weight is 349 g/mol. The van der Waals surface area contributed by atoms with Crippen LogP contribution in [0.4, 0.5) is 13.2 Å². The van der Waals surface area contributed by atoms with Crippen LogP contribution in [0.3, 0.4) is 0 Å². The van der Waals surface area contributed by atoms with Crippen LogP contribution in [-0.4, -0.2) is 22.4 Å². The number of carbonyl (C=O) groups is 1. The van der Waals surface area contributed by atoms with Gasteiger partial charge in [0.1, 0.15) is 5.75 Å². The van der Waals surface area contributed by atoms with Crippen LogP contribution < -0.4 is 4.74 Å². The summed E-state index contributed by atoms with van der Waals surface area (Å²) in [6.07, 6.45) is -4.36. The fraction of sp³-hybridized carbons (Fsp3) is 0.167. The van der Waals surface area contributed by atoms with Gasteiger partial charge in [-0.05, 0) is 42.3 Å². The Labute approximate surface area is 140 Å². The molecule has 0 aliphatic rings. The van der Waals surface area contributed by atoms with Gasteiger partial charge in [0.05, 0.1) is 5.69 Å². The summed E-state index contributed by atoms with van der Waals surface area (Å²) in [7, 11) is 0. The number of benzene rings is 2. The summed E-state index contributed by atoms with van der Waals surface area (Å²) in [6, 6.07) is 13.0. The highest BCUT2D eigenvalue weighted by Gasteiger charge is 2.32. The van der Waals surface area contributed by atoms with E-state index in [4.69, 9.17) is 5.11 Å². The van der Waals surface area contributed by atoms with Crippen molar-refractivity contribution >= 4 is 16.9 Å². The molecule has 25 heavy (non-hydrogen) atoms. The zero-order chi connectivity index (χ0) is 18.0. The van der Waals surface area contributed by atoms with Gasteiger partial charge in [0.25, 0.3) is 0 Å². The molecule has 130 valence electrons. The Kier molecular flexibility index (Phi) is 4.39. The molecule has 0 fully saturated rings. The normalized spacial score (nSPS) is 11.6. The number of rotatable bonds is 5. The number of ether oxygens (including phenoxy) is 1. The molecule has 1 aromatic heterocycles. The fourth-order valence-corrected chi connectivity index (χ4v) is 2.64. The summed E-state index contributed by atoms with van der Waals surface area (Å²) < 4.78 is 41.8. The Bertz CT molecular complexity index is 915. The first-order valence-corrected chi connectivity index (χ1v) is 7.50. The summed E-state index contributed by atoms with van der Waals surface area (Å²) in [6.45, 7) is 0. The highest BCUT2D eigenvalue weighted by molar-refractivity contribution is 5.87. The molecule has 0 aliphatic carbocycles. The van der Waals surface area contributed by atoms with E-state index in [1.54, 1.807) is 24.3 Å². The van der Waals surface area contributed by atoms with Crippen LogP contribution in [0.15, 0.2) is 48.5 Å². The second kappa shape index (κ2) is 6.51. The molecule has 0 amide bonds. The number of halogens is 3. The molecule has 7 heteroatoms. The van der Waals surface area contributed by atoms with E-state index in [2.05, 4.69) is 9.72 Å². The maximum atomic E-state index is 12.6. The number of carboxylic acid groups (broad SMARTS) is 1. The Morgan fingerprint density at radius 2 is 1.88 bits per heavy atom. The largest absolute Gasteiger partial charge is 0.573 e.